The zero-order valence-electron chi connectivity index (χ0n) is 15.5. The van der Waals surface area contributed by atoms with Gasteiger partial charge in [-0.1, -0.05) is 23.7 Å². The van der Waals surface area contributed by atoms with Crippen molar-refractivity contribution in [2.24, 2.45) is 0 Å². The molecule has 7 heteroatoms. The van der Waals surface area contributed by atoms with E-state index in [1.54, 1.807) is 41.5 Å². The number of halogens is 1. The van der Waals surface area contributed by atoms with Crippen LogP contribution in [0.1, 0.15) is 32.5 Å². The molecule has 2 aromatic heterocycles. The zero-order valence-corrected chi connectivity index (χ0v) is 17.0. The molecule has 0 fully saturated rings. The normalized spacial score (nSPS) is 11.1. The van der Waals surface area contributed by atoms with Gasteiger partial charge in [0.05, 0.1) is 6.54 Å². The number of carbonyl (C=O) groups excluding carboxylic acids is 1. The summed E-state index contributed by atoms with van der Waals surface area (Å²) in [7, 11) is 1.78. The number of benzene rings is 2. The van der Waals surface area contributed by atoms with Crippen molar-refractivity contribution in [3.63, 3.8) is 0 Å². The van der Waals surface area contributed by atoms with Gasteiger partial charge in [-0.25, -0.2) is 9.97 Å². The molecule has 0 aliphatic rings. The minimum atomic E-state index is -0.0722. The van der Waals surface area contributed by atoms with Gasteiger partial charge in [0.25, 0.3) is 5.91 Å². The van der Waals surface area contributed by atoms with Crippen molar-refractivity contribution in [1.29, 1.82) is 0 Å². The van der Waals surface area contributed by atoms with E-state index in [0.717, 1.165) is 16.3 Å². The number of thiazole rings is 1. The molecule has 0 aliphatic heterocycles. The van der Waals surface area contributed by atoms with Crippen LogP contribution in [0.4, 0.5) is 0 Å². The number of hydrogen-bond donors (Lipinski definition) is 0. The largest absolute Gasteiger partial charge is 0.440 e. The summed E-state index contributed by atoms with van der Waals surface area (Å²) in [5.41, 5.74) is 3.95. The molecule has 0 spiro atoms. The number of aromatic nitrogens is 2. The molecular weight excluding hydrogens is 394 g/mol. The third kappa shape index (κ3) is 4.08. The predicted molar refractivity (Wildman–Crippen MR) is 111 cm³/mol. The van der Waals surface area contributed by atoms with Crippen molar-refractivity contribution < 1.29 is 9.21 Å². The van der Waals surface area contributed by atoms with Gasteiger partial charge in [-0.15, -0.1) is 11.3 Å². The van der Waals surface area contributed by atoms with Crippen molar-refractivity contribution in [2.75, 3.05) is 7.05 Å². The molecule has 0 radical (unpaired) electrons. The molecule has 0 aliphatic carbocycles. The Morgan fingerprint density at radius 2 is 1.96 bits per heavy atom. The second kappa shape index (κ2) is 7.73. The van der Waals surface area contributed by atoms with Gasteiger partial charge in [0.2, 0.25) is 0 Å². The summed E-state index contributed by atoms with van der Waals surface area (Å²) < 4.78 is 5.82. The van der Waals surface area contributed by atoms with E-state index < -0.39 is 0 Å². The van der Waals surface area contributed by atoms with Crippen LogP contribution in [0.25, 0.3) is 11.1 Å². The summed E-state index contributed by atoms with van der Waals surface area (Å²) in [6.45, 7) is 2.43. The van der Waals surface area contributed by atoms with E-state index in [9.17, 15) is 4.79 Å². The Morgan fingerprint density at radius 3 is 2.68 bits per heavy atom. The van der Waals surface area contributed by atoms with Gasteiger partial charge >= 0.3 is 0 Å². The first-order chi connectivity index (χ1) is 13.5. The lowest BCUT2D eigenvalue weighted by molar-refractivity contribution is 0.0785. The maximum Gasteiger partial charge on any atom is 0.254 e. The van der Waals surface area contributed by atoms with Crippen LogP contribution >= 0.6 is 22.9 Å². The lowest BCUT2D eigenvalue weighted by atomic mass is 10.1. The number of nitrogens with zero attached hydrogens (tertiary/aromatic N) is 3. The second-order valence-corrected chi connectivity index (χ2v) is 8.02. The van der Waals surface area contributed by atoms with E-state index in [1.165, 1.54) is 0 Å². The molecule has 0 unspecified atom stereocenters. The molecule has 2 heterocycles. The van der Waals surface area contributed by atoms with E-state index in [0.29, 0.717) is 40.5 Å². The summed E-state index contributed by atoms with van der Waals surface area (Å²) in [5.74, 6) is 0.533. The topological polar surface area (TPSA) is 59.2 Å². The molecule has 4 aromatic rings. The summed E-state index contributed by atoms with van der Waals surface area (Å²) in [5, 5.41) is 3.60. The summed E-state index contributed by atoms with van der Waals surface area (Å²) in [6.07, 6.45) is 0.568. The maximum absolute atomic E-state index is 12.8. The number of rotatable bonds is 5. The fourth-order valence-electron chi connectivity index (χ4n) is 2.93. The van der Waals surface area contributed by atoms with E-state index >= 15 is 0 Å². The average Bonchev–Trinajstić information content (AvgIpc) is 3.27. The second-order valence-electron chi connectivity index (χ2n) is 6.64. The Balaban J connectivity index is 1.52. The van der Waals surface area contributed by atoms with Gasteiger partial charge < -0.3 is 9.32 Å². The SMILES string of the molecule is Cc1csc(CN(C)C(=O)c2ccc3oc(Cc4ccc(Cl)cc4)nc3c2)n1. The van der Waals surface area contributed by atoms with Gasteiger partial charge in [-0.3, -0.25) is 4.79 Å². The number of carbonyl (C=O) groups is 1. The smallest absolute Gasteiger partial charge is 0.254 e. The van der Waals surface area contributed by atoms with Crippen molar-refractivity contribution >= 4 is 39.9 Å². The van der Waals surface area contributed by atoms with Crippen LogP contribution in [0.2, 0.25) is 5.02 Å². The van der Waals surface area contributed by atoms with Crippen LogP contribution < -0.4 is 0 Å². The molecule has 0 saturated carbocycles. The molecule has 0 atom stereocenters. The number of fused-ring (bicyclic) bond motifs is 1. The number of oxazole rings is 1. The van der Waals surface area contributed by atoms with Crippen LogP contribution in [0.3, 0.4) is 0 Å². The van der Waals surface area contributed by atoms with Crippen LogP contribution in [0, 0.1) is 6.92 Å². The molecule has 0 N–H and O–H groups in total. The molecule has 5 nitrogen and oxygen atoms in total. The Labute approximate surface area is 171 Å². The number of aryl methyl sites for hydroxylation is 1. The fraction of sp³-hybridized carbons (Fsp3) is 0.190. The summed E-state index contributed by atoms with van der Waals surface area (Å²) >= 11 is 7.48. The standard InChI is InChI=1S/C21H18ClN3O2S/c1-13-12-28-20(23-13)11-25(2)21(26)15-5-8-18-17(10-15)24-19(27-18)9-14-3-6-16(22)7-4-14/h3-8,10,12H,9,11H2,1-2H3. The van der Waals surface area contributed by atoms with E-state index in [4.69, 9.17) is 16.0 Å². The minimum absolute atomic E-state index is 0.0722. The fourth-order valence-corrected chi connectivity index (χ4v) is 3.88. The Hall–Kier alpha value is -2.70. The predicted octanol–water partition coefficient (Wildman–Crippen LogP) is 5.11. The van der Waals surface area contributed by atoms with E-state index in [1.807, 2.05) is 36.6 Å². The van der Waals surface area contributed by atoms with Gasteiger partial charge in [0.1, 0.15) is 10.5 Å². The van der Waals surface area contributed by atoms with Crippen molar-refractivity contribution in [3.8, 4) is 0 Å². The average molecular weight is 412 g/mol. The number of hydrogen-bond acceptors (Lipinski definition) is 5. The summed E-state index contributed by atoms with van der Waals surface area (Å²) in [4.78, 5) is 23.4. The third-order valence-electron chi connectivity index (χ3n) is 4.33. The Bertz CT molecular complexity index is 1130. The Morgan fingerprint density at radius 1 is 1.18 bits per heavy atom. The molecule has 28 heavy (non-hydrogen) atoms. The van der Waals surface area contributed by atoms with E-state index in [2.05, 4.69) is 9.97 Å². The first kappa shape index (κ1) is 18.7. The summed E-state index contributed by atoms with van der Waals surface area (Å²) in [6, 6.07) is 12.9. The van der Waals surface area contributed by atoms with Crippen molar-refractivity contribution in [1.82, 2.24) is 14.9 Å². The molecule has 0 saturated heterocycles. The molecule has 142 valence electrons. The molecule has 0 bridgehead atoms. The molecule has 4 rings (SSSR count). The zero-order chi connectivity index (χ0) is 19.7. The lowest BCUT2D eigenvalue weighted by Gasteiger charge is -2.15. The molecule has 1 amide bonds. The lowest BCUT2D eigenvalue weighted by Crippen LogP contribution is -2.26. The van der Waals surface area contributed by atoms with Crippen LogP contribution in [-0.2, 0) is 13.0 Å². The highest BCUT2D eigenvalue weighted by Gasteiger charge is 2.16. The van der Waals surface area contributed by atoms with Crippen molar-refractivity contribution in [3.05, 3.63) is 80.6 Å². The quantitative estimate of drug-likeness (QED) is 0.458. The van der Waals surface area contributed by atoms with Crippen molar-refractivity contribution in [2.45, 2.75) is 19.9 Å². The highest BCUT2D eigenvalue weighted by atomic mass is 35.5. The third-order valence-corrected chi connectivity index (χ3v) is 5.54. The van der Waals surface area contributed by atoms with E-state index in [-0.39, 0.29) is 5.91 Å². The molecular formula is C21H18ClN3O2S. The highest BCUT2D eigenvalue weighted by molar-refractivity contribution is 7.09. The van der Waals surface area contributed by atoms with Gasteiger partial charge in [-0.05, 0) is 42.8 Å². The van der Waals surface area contributed by atoms with Gasteiger partial charge in [0, 0.05) is 35.1 Å². The van der Waals surface area contributed by atoms with Gasteiger partial charge in [-0.2, -0.15) is 0 Å². The first-order valence-electron chi connectivity index (χ1n) is 8.78. The maximum atomic E-state index is 12.8. The Kier molecular flexibility index (Phi) is 5.15. The van der Waals surface area contributed by atoms with Crippen LogP contribution in [0.5, 0.6) is 0 Å². The van der Waals surface area contributed by atoms with Crippen LogP contribution in [0.15, 0.2) is 52.3 Å². The highest BCUT2D eigenvalue weighted by Crippen LogP contribution is 2.21. The van der Waals surface area contributed by atoms with Gasteiger partial charge in [0.15, 0.2) is 11.5 Å². The van der Waals surface area contributed by atoms with Crippen LogP contribution in [-0.4, -0.2) is 27.8 Å². The number of amides is 1. The minimum Gasteiger partial charge on any atom is -0.440 e. The first-order valence-corrected chi connectivity index (χ1v) is 10.0. The molecule has 2 aromatic carbocycles. The monoisotopic (exact) mass is 411 g/mol.